The van der Waals surface area contributed by atoms with E-state index in [-0.39, 0.29) is 12.1 Å². The van der Waals surface area contributed by atoms with Crippen LogP contribution in [-0.2, 0) is 4.74 Å². The molecule has 0 amide bonds. The maximum atomic E-state index is 6.10. The Kier molecular flexibility index (Phi) is 5.29. The predicted molar refractivity (Wildman–Crippen MR) is 63.9 cm³/mol. The minimum Gasteiger partial charge on any atom is -0.374 e. The smallest absolute Gasteiger partial charge is 0.0853 e. The van der Waals surface area contributed by atoms with E-state index in [0.717, 1.165) is 32.5 Å². The van der Waals surface area contributed by atoms with E-state index in [4.69, 9.17) is 10.5 Å². The lowest BCUT2D eigenvalue weighted by Gasteiger charge is -2.37. The highest BCUT2D eigenvalue weighted by Crippen LogP contribution is 2.13. The van der Waals surface area contributed by atoms with Crippen LogP contribution in [0.3, 0.4) is 0 Å². The van der Waals surface area contributed by atoms with Crippen molar-refractivity contribution in [1.29, 1.82) is 0 Å². The SMILES string of the molecule is C=CCCC(N)C1CN(C(C)C)CCO1. The summed E-state index contributed by atoms with van der Waals surface area (Å²) in [5.74, 6) is 0. The summed E-state index contributed by atoms with van der Waals surface area (Å²) >= 11 is 0. The molecule has 0 radical (unpaired) electrons. The standard InChI is InChI=1S/C12H24N2O/c1-4-5-6-11(13)12-9-14(10(2)3)7-8-15-12/h4,10-12H,1,5-9,13H2,2-3H3. The number of nitrogens with two attached hydrogens (primary N) is 1. The van der Waals surface area contributed by atoms with Gasteiger partial charge in [0.2, 0.25) is 0 Å². The van der Waals surface area contributed by atoms with Gasteiger partial charge >= 0.3 is 0 Å². The molecule has 15 heavy (non-hydrogen) atoms. The third-order valence-corrected chi connectivity index (χ3v) is 3.04. The topological polar surface area (TPSA) is 38.5 Å². The Morgan fingerprint density at radius 1 is 1.60 bits per heavy atom. The molecule has 1 fully saturated rings. The Bertz CT molecular complexity index is 194. The van der Waals surface area contributed by atoms with Gasteiger partial charge < -0.3 is 10.5 Å². The van der Waals surface area contributed by atoms with Gasteiger partial charge in [-0.25, -0.2) is 0 Å². The van der Waals surface area contributed by atoms with Crippen LogP contribution < -0.4 is 5.73 Å². The first kappa shape index (κ1) is 12.7. The minimum atomic E-state index is 0.143. The molecule has 0 aromatic rings. The average Bonchev–Trinajstić information content (AvgIpc) is 2.26. The molecule has 0 bridgehead atoms. The molecule has 0 aromatic heterocycles. The molecule has 2 unspecified atom stereocenters. The second-order valence-corrected chi connectivity index (χ2v) is 4.53. The average molecular weight is 212 g/mol. The van der Waals surface area contributed by atoms with Gasteiger partial charge in [0, 0.05) is 25.2 Å². The van der Waals surface area contributed by atoms with Crippen LogP contribution in [0.4, 0.5) is 0 Å². The monoisotopic (exact) mass is 212 g/mol. The van der Waals surface area contributed by atoms with Crippen LogP contribution in [0.15, 0.2) is 12.7 Å². The highest BCUT2D eigenvalue weighted by Gasteiger charge is 2.26. The highest BCUT2D eigenvalue weighted by atomic mass is 16.5. The molecular formula is C12H24N2O. The van der Waals surface area contributed by atoms with E-state index in [9.17, 15) is 0 Å². The van der Waals surface area contributed by atoms with Crippen LogP contribution in [-0.4, -0.2) is 42.8 Å². The lowest BCUT2D eigenvalue weighted by molar-refractivity contribution is -0.0505. The number of hydrogen-bond donors (Lipinski definition) is 1. The molecule has 0 saturated carbocycles. The quantitative estimate of drug-likeness (QED) is 0.700. The molecule has 3 nitrogen and oxygen atoms in total. The van der Waals surface area contributed by atoms with Gasteiger partial charge in [0.1, 0.15) is 0 Å². The molecule has 3 heteroatoms. The molecule has 1 heterocycles. The lowest BCUT2D eigenvalue weighted by atomic mass is 10.0. The van der Waals surface area contributed by atoms with Gasteiger partial charge in [-0.05, 0) is 26.7 Å². The first-order chi connectivity index (χ1) is 7.15. The second-order valence-electron chi connectivity index (χ2n) is 4.53. The maximum absolute atomic E-state index is 6.10. The van der Waals surface area contributed by atoms with E-state index >= 15 is 0 Å². The van der Waals surface area contributed by atoms with Gasteiger partial charge in [-0.2, -0.15) is 0 Å². The zero-order valence-corrected chi connectivity index (χ0v) is 9.98. The summed E-state index contributed by atoms with van der Waals surface area (Å²) in [5, 5.41) is 0. The molecule has 1 saturated heterocycles. The van der Waals surface area contributed by atoms with Crippen LogP contribution in [0.5, 0.6) is 0 Å². The summed E-state index contributed by atoms with van der Waals surface area (Å²) in [6.07, 6.45) is 4.06. The summed E-state index contributed by atoms with van der Waals surface area (Å²) in [6.45, 7) is 11.0. The van der Waals surface area contributed by atoms with Crippen molar-refractivity contribution in [3.05, 3.63) is 12.7 Å². The third kappa shape index (κ3) is 3.93. The first-order valence-corrected chi connectivity index (χ1v) is 5.87. The summed E-state index contributed by atoms with van der Waals surface area (Å²) in [4.78, 5) is 2.43. The third-order valence-electron chi connectivity index (χ3n) is 3.04. The van der Waals surface area contributed by atoms with Crippen LogP contribution in [0.2, 0.25) is 0 Å². The molecule has 2 atom stereocenters. The van der Waals surface area contributed by atoms with Crippen molar-refractivity contribution in [3.63, 3.8) is 0 Å². The van der Waals surface area contributed by atoms with Gasteiger partial charge in [0.25, 0.3) is 0 Å². The number of morpholine rings is 1. The Hall–Kier alpha value is -0.380. The van der Waals surface area contributed by atoms with Crippen LogP contribution in [0.25, 0.3) is 0 Å². The molecular weight excluding hydrogens is 188 g/mol. The predicted octanol–water partition coefficient (Wildman–Crippen LogP) is 1.39. The zero-order valence-electron chi connectivity index (χ0n) is 9.98. The Morgan fingerprint density at radius 3 is 2.93 bits per heavy atom. The Morgan fingerprint density at radius 2 is 2.33 bits per heavy atom. The fourth-order valence-electron chi connectivity index (χ4n) is 1.92. The molecule has 0 aromatic carbocycles. The largest absolute Gasteiger partial charge is 0.374 e. The normalized spacial score (nSPS) is 25.5. The highest BCUT2D eigenvalue weighted by molar-refractivity contribution is 4.83. The van der Waals surface area contributed by atoms with Crippen molar-refractivity contribution in [2.75, 3.05) is 19.7 Å². The summed E-state index contributed by atoms with van der Waals surface area (Å²) in [5.41, 5.74) is 6.10. The van der Waals surface area contributed by atoms with E-state index in [1.165, 1.54) is 0 Å². The molecule has 1 aliphatic heterocycles. The van der Waals surface area contributed by atoms with Crippen LogP contribution in [0, 0.1) is 0 Å². The van der Waals surface area contributed by atoms with Crippen molar-refractivity contribution >= 4 is 0 Å². The number of rotatable bonds is 5. The van der Waals surface area contributed by atoms with Gasteiger partial charge in [-0.3, -0.25) is 4.90 Å². The fourth-order valence-corrected chi connectivity index (χ4v) is 1.92. The number of hydrogen-bond acceptors (Lipinski definition) is 3. The Labute approximate surface area is 93.3 Å². The molecule has 0 aliphatic carbocycles. The zero-order chi connectivity index (χ0) is 11.3. The fraction of sp³-hybridized carbons (Fsp3) is 0.833. The van der Waals surface area contributed by atoms with E-state index in [0.29, 0.717) is 6.04 Å². The molecule has 1 aliphatic rings. The molecule has 0 spiro atoms. The first-order valence-electron chi connectivity index (χ1n) is 5.87. The molecule has 88 valence electrons. The number of ether oxygens (including phenoxy) is 1. The number of nitrogens with zero attached hydrogens (tertiary/aromatic N) is 1. The maximum Gasteiger partial charge on any atom is 0.0853 e. The van der Waals surface area contributed by atoms with Gasteiger partial charge in [-0.15, -0.1) is 6.58 Å². The van der Waals surface area contributed by atoms with Crippen molar-refractivity contribution < 1.29 is 4.74 Å². The van der Waals surface area contributed by atoms with Gasteiger partial charge in [0.15, 0.2) is 0 Å². The van der Waals surface area contributed by atoms with Crippen molar-refractivity contribution in [3.8, 4) is 0 Å². The Balaban J connectivity index is 2.37. The summed E-state index contributed by atoms with van der Waals surface area (Å²) in [7, 11) is 0. The van der Waals surface area contributed by atoms with Crippen LogP contribution in [0.1, 0.15) is 26.7 Å². The number of allylic oxidation sites excluding steroid dienone is 1. The van der Waals surface area contributed by atoms with Crippen molar-refractivity contribution in [2.45, 2.75) is 44.9 Å². The van der Waals surface area contributed by atoms with E-state index < -0.39 is 0 Å². The molecule has 1 rings (SSSR count). The molecule has 2 N–H and O–H groups in total. The van der Waals surface area contributed by atoms with Crippen LogP contribution >= 0.6 is 0 Å². The van der Waals surface area contributed by atoms with Gasteiger partial charge in [-0.1, -0.05) is 6.08 Å². The van der Waals surface area contributed by atoms with E-state index in [1.807, 2.05) is 6.08 Å². The van der Waals surface area contributed by atoms with Gasteiger partial charge in [0.05, 0.1) is 12.7 Å². The summed E-state index contributed by atoms with van der Waals surface area (Å²) in [6, 6.07) is 0.729. The second kappa shape index (κ2) is 6.26. The van der Waals surface area contributed by atoms with Crippen molar-refractivity contribution in [2.24, 2.45) is 5.73 Å². The van der Waals surface area contributed by atoms with Crippen molar-refractivity contribution in [1.82, 2.24) is 4.90 Å². The van der Waals surface area contributed by atoms with E-state index in [2.05, 4.69) is 25.3 Å². The minimum absolute atomic E-state index is 0.143. The lowest BCUT2D eigenvalue weighted by Crippen LogP contribution is -2.52. The summed E-state index contributed by atoms with van der Waals surface area (Å²) < 4.78 is 5.72. The van der Waals surface area contributed by atoms with E-state index in [1.54, 1.807) is 0 Å².